The largest absolute Gasteiger partial charge is 0.349 e. The van der Waals surface area contributed by atoms with Gasteiger partial charge in [0.2, 0.25) is 0 Å². The van der Waals surface area contributed by atoms with Crippen molar-refractivity contribution in [3.63, 3.8) is 0 Å². The number of likely N-dealkylation sites (tertiary alicyclic amines) is 1. The minimum atomic E-state index is 0.121. The second kappa shape index (κ2) is 7.20. The molecule has 146 valence electrons. The van der Waals surface area contributed by atoms with E-state index in [1.54, 1.807) is 0 Å². The predicted molar refractivity (Wildman–Crippen MR) is 107 cm³/mol. The van der Waals surface area contributed by atoms with E-state index in [0.717, 1.165) is 54.7 Å². The fraction of sp³-hybridized carbons (Fsp3) is 0.739. The van der Waals surface area contributed by atoms with E-state index in [0.29, 0.717) is 17.9 Å². The van der Waals surface area contributed by atoms with Gasteiger partial charge in [0.05, 0.1) is 11.3 Å². The molecule has 2 heterocycles. The zero-order chi connectivity index (χ0) is 18.4. The summed E-state index contributed by atoms with van der Waals surface area (Å²) in [5.74, 6) is 3.08. The van der Waals surface area contributed by atoms with Crippen molar-refractivity contribution in [2.45, 2.75) is 70.3 Å². The van der Waals surface area contributed by atoms with Crippen molar-refractivity contribution in [1.82, 2.24) is 15.2 Å². The SMILES string of the molecule is Cc1ccc(C(=O)NC2CC3CCC2C3)c(C2CCN(CC3CC3)CC2)n1. The summed E-state index contributed by atoms with van der Waals surface area (Å²) in [6.45, 7) is 5.64. The van der Waals surface area contributed by atoms with Gasteiger partial charge in [0.15, 0.2) is 0 Å². The zero-order valence-corrected chi connectivity index (χ0v) is 16.6. The van der Waals surface area contributed by atoms with Gasteiger partial charge in [0, 0.05) is 24.2 Å². The highest BCUT2D eigenvalue weighted by Crippen LogP contribution is 2.44. The van der Waals surface area contributed by atoms with Crippen LogP contribution >= 0.6 is 0 Å². The second-order valence-electron chi connectivity index (χ2n) is 9.66. The van der Waals surface area contributed by atoms with Crippen molar-refractivity contribution in [3.8, 4) is 0 Å². The van der Waals surface area contributed by atoms with Gasteiger partial charge in [-0.1, -0.05) is 6.42 Å². The molecule has 0 aromatic carbocycles. The van der Waals surface area contributed by atoms with Crippen LogP contribution in [0.25, 0.3) is 0 Å². The number of rotatable bonds is 5. The van der Waals surface area contributed by atoms with Gasteiger partial charge in [-0.2, -0.15) is 0 Å². The van der Waals surface area contributed by atoms with Crippen LogP contribution in [0.3, 0.4) is 0 Å². The Balaban J connectivity index is 1.27. The Bertz CT molecular complexity index is 706. The third-order valence-electron chi connectivity index (χ3n) is 7.55. The molecule has 1 saturated heterocycles. The molecule has 1 aromatic rings. The first-order valence-corrected chi connectivity index (χ1v) is 11.2. The fourth-order valence-corrected chi connectivity index (χ4v) is 5.80. The molecule has 1 aromatic heterocycles. The van der Waals surface area contributed by atoms with Crippen LogP contribution in [-0.4, -0.2) is 41.5 Å². The number of pyridine rings is 1. The van der Waals surface area contributed by atoms with Crippen LogP contribution in [0.5, 0.6) is 0 Å². The standard InChI is InChI=1S/C23H33N3O/c1-15-2-7-20(23(27)25-21-13-17-5-6-19(21)12-17)22(24-15)18-8-10-26(11-9-18)14-16-3-4-16/h2,7,16-19,21H,3-6,8-14H2,1H3,(H,25,27). The first-order valence-electron chi connectivity index (χ1n) is 11.2. The molecule has 0 radical (unpaired) electrons. The topological polar surface area (TPSA) is 45.2 Å². The summed E-state index contributed by atoms with van der Waals surface area (Å²) in [4.78, 5) is 20.6. The van der Waals surface area contributed by atoms with Crippen molar-refractivity contribution in [3.05, 3.63) is 29.1 Å². The number of hydrogen-bond acceptors (Lipinski definition) is 3. The number of piperidine rings is 1. The van der Waals surface area contributed by atoms with Crippen LogP contribution in [0.2, 0.25) is 0 Å². The van der Waals surface area contributed by atoms with Crippen molar-refractivity contribution < 1.29 is 4.79 Å². The third kappa shape index (κ3) is 3.78. The average Bonchev–Trinajstić information content (AvgIpc) is 3.23. The predicted octanol–water partition coefficient (Wildman–Crippen LogP) is 3.90. The normalized spacial score (nSPS) is 31.4. The van der Waals surface area contributed by atoms with Gasteiger partial charge in [-0.25, -0.2) is 0 Å². The molecular formula is C23H33N3O. The minimum absolute atomic E-state index is 0.121. The summed E-state index contributed by atoms with van der Waals surface area (Å²) < 4.78 is 0. The van der Waals surface area contributed by atoms with Crippen LogP contribution < -0.4 is 5.32 Å². The van der Waals surface area contributed by atoms with Crippen molar-refractivity contribution in [2.75, 3.05) is 19.6 Å². The molecule has 4 heteroatoms. The molecule has 3 saturated carbocycles. The number of hydrogen-bond donors (Lipinski definition) is 1. The van der Waals surface area contributed by atoms with Crippen molar-refractivity contribution >= 4 is 5.91 Å². The van der Waals surface area contributed by atoms with E-state index < -0.39 is 0 Å². The lowest BCUT2D eigenvalue weighted by molar-refractivity contribution is 0.0920. The Kier molecular flexibility index (Phi) is 4.71. The van der Waals surface area contributed by atoms with E-state index in [2.05, 4.69) is 10.2 Å². The van der Waals surface area contributed by atoms with Gasteiger partial charge in [-0.3, -0.25) is 9.78 Å². The molecule has 27 heavy (non-hydrogen) atoms. The third-order valence-corrected chi connectivity index (χ3v) is 7.55. The fourth-order valence-electron chi connectivity index (χ4n) is 5.80. The number of aromatic nitrogens is 1. The lowest BCUT2D eigenvalue weighted by Crippen LogP contribution is -2.39. The van der Waals surface area contributed by atoms with E-state index in [-0.39, 0.29) is 5.91 Å². The maximum Gasteiger partial charge on any atom is 0.253 e. The molecule has 3 atom stereocenters. The van der Waals surface area contributed by atoms with Crippen molar-refractivity contribution in [2.24, 2.45) is 17.8 Å². The highest BCUT2D eigenvalue weighted by Gasteiger charge is 2.40. The molecule has 4 nitrogen and oxygen atoms in total. The number of aryl methyl sites for hydroxylation is 1. The highest BCUT2D eigenvalue weighted by atomic mass is 16.1. The number of nitrogens with zero attached hydrogens (tertiary/aromatic N) is 2. The quantitative estimate of drug-likeness (QED) is 0.858. The molecule has 2 bridgehead atoms. The maximum absolute atomic E-state index is 13.1. The molecule has 4 fully saturated rings. The molecule has 4 aliphatic rings. The lowest BCUT2D eigenvalue weighted by atomic mass is 9.89. The van der Waals surface area contributed by atoms with E-state index in [1.165, 1.54) is 45.1 Å². The van der Waals surface area contributed by atoms with Gasteiger partial charge >= 0.3 is 0 Å². The summed E-state index contributed by atoms with van der Waals surface area (Å²) in [5.41, 5.74) is 2.92. The summed E-state index contributed by atoms with van der Waals surface area (Å²) in [6.07, 6.45) is 10.3. The van der Waals surface area contributed by atoms with Crippen LogP contribution in [0.4, 0.5) is 0 Å². The molecule has 3 aliphatic carbocycles. The van der Waals surface area contributed by atoms with Crippen LogP contribution in [0.15, 0.2) is 12.1 Å². The summed E-state index contributed by atoms with van der Waals surface area (Å²) in [6, 6.07) is 4.42. The number of amides is 1. The maximum atomic E-state index is 13.1. The average molecular weight is 368 g/mol. The summed E-state index contributed by atoms with van der Waals surface area (Å²) in [7, 11) is 0. The van der Waals surface area contributed by atoms with Gasteiger partial charge in [0.1, 0.15) is 0 Å². The Hall–Kier alpha value is -1.42. The monoisotopic (exact) mass is 367 g/mol. The van der Waals surface area contributed by atoms with E-state index in [1.807, 2.05) is 19.1 Å². The Morgan fingerprint density at radius 1 is 1.11 bits per heavy atom. The lowest BCUT2D eigenvalue weighted by Gasteiger charge is -2.32. The Labute approximate surface area is 163 Å². The van der Waals surface area contributed by atoms with Gasteiger partial charge < -0.3 is 10.2 Å². The molecule has 1 N–H and O–H groups in total. The molecule has 1 amide bonds. The zero-order valence-electron chi connectivity index (χ0n) is 16.6. The van der Waals surface area contributed by atoms with Gasteiger partial charge in [-0.05, 0) is 94.8 Å². The van der Waals surface area contributed by atoms with E-state index in [9.17, 15) is 4.79 Å². The molecule has 1 aliphatic heterocycles. The Morgan fingerprint density at radius 3 is 2.59 bits per heavy atom. The molecule has 3 unspecified atom stereocenters. The van der Waals surface area contributed by atoms with Crippen LogP contribution in [-0.2, 0) is 0 Å². The van der Waals surface area contributed by atoms with Gasteiger partial charge in [0.25, 0.3) is 5.91 Å². The molecule has 5 rings (SSSR count). The highest BCUT2D eigenvalue weighted by molar-refractivity contribution is 5.95. The Morgan fingerprint density at radius 2 is 1.93 bits per heavy atom. The number of carbonyl (C=O) groups excluding carboxylic acids is 1. The number of fused-ring (bicyclic) bond motifs is 2. The first-order chi connectivity index (χ1) is 13.2. The second-order valence-corrected chi connectivity index (χ2v) is 9.66. The first kappa shape index (κ1) is 17.7. The molecule has 0 spiro atoms. The van der Waals surface area contributed by atoms with E-state index in [4.69, 9.17) is 4.98 Å². The summed E-state index contributed by atoms with van der Waals surface area (Å²) in [5, 5.41) is 3.38. The summed E-state index contributed by atoms with van der Waals surface area (Å²) >= 11 is 0. The van der Waals surface area contributed by atoms with Crippen LogP contribution in [0, 0.1) is 24.7 Å². The van der Waals surface area contributed by atoms with Gasteiger partial charge in [-0.15, -0.1) is 0 Å². The number of nitrogens with one attached hydrogen (secondary N) is 1. The number of carbonyl (C=O) groups is 1. The smallest absolute Gasteiger partial charge is 0.253 e. The minimum Gasteiger partial charge on any atom is -0.349 e. The van der Waals surface area contributed by atoms with Crippen LogP contribution in [0.1, 0.15) is 79.0 Å². The molecular weight excluding hydrogens is 334 g/mol. The van der Waals surface area contributed by atoms with E-state index >= 15 is 0 Å². The van der Waals surface area contributed by atoms with Crippen molar-refractivity contribution in [1.29, 1.82) is 0 Å².